The van der Waals surface area contributed by atoms with Gasteiger partial charge in [0.2, 0.25) is 15.9 Å². The van der Waals surface area contributed by atoms with Crippen LogP contribution in [0.4, 0.5) is 11.4 Å². The largest absolute Gasteiger partial charge is 0.324 e. The molecular weight excluding hydrogens is 360 g/mol. The van der Waals surface area contributed by atoms with Gasteiger partial charge in [0.05, 0.1) is 11.9 Å². The van der Waals surface area contributed by atoms with Gasteiger partial charge in [-0.3, -0.25) is 9.10 Å². The van der Waals surface area contributed by atoms with Crippen LogP contribution < -0.4 is 9.62 Å². The smallest absolute Gasteiger partial charge is 0.245 e. The summed E-state index contributed by atoms with van der Waals surface area (Å²) in [4.78, 5) is 12.4. The lowest BCUT2D eigenvalue weighted by molar-refractivity contribution is -0.114. The fourth-order valence-corrected chi connectivity index (χ4v) is 3.43. The van der Waals surface area contributed by atoms with Crippen LogP contribution in [0.25, 0.3) is 0 Å². The Bertz CT molecular complexity index is 882. The molecule has 0 aliphatic carbocycles. The Morgan fingerprint density at radius 3 is 2.48 bits per heavy atom. The van der Waals surface area contributed by atoms with Gasteiger partial charge in [0.15, 0.2) is 0 Å². The summed E-state index contributed by atoms with van der Waals surface area (Å²) in [7, 11) is -3.64. The number of aryl methyl sites for hydroxylation is 2. The van der Waals surface area contributed by atoms with E-state index in [1.807, 2.05) is 32.0 Å². The first-order valence-corrected chi connectivity index (χ1v) is 10.1. The van der Waals surface area contributed by atoms with Gasteiger partial charge in [0.1, 0.15) is 6.54 Å². The fourth-order valence-electron chi connectivity index (χ4n) is 2.41. The van der Waals surface area contributed by atoms with Crippen molar-refractivity contribution in [2.24, 2.45) is 0 Å². The van der Waals surface area contributed by atoms with Gasteiger partial charge >= 0.3 is 0 Å². The molecule has 0 atom stereocenters. The topological polar surface area (TPSA) is 66.5 Å². The molecule has 5 nitrogen and oxygen atoms in total. The van der Waals surface area contributed by atoms with Crippen molar-refractivity contribution >= 4 is 38.9 Å². The minimum Gasteiger partial charge on any atom is -0.324 e. The first kappa shape index (κ1) is 19.3. The second-order valence-corrected chi connectivity index (χ2v) is 8.08. The third kappa shape index (κ3) is 4.96. The predicted molar refractivity (Wildman–Crippen MR) is 103 cm³/mol. The van der Waals surface area contributed by atoms with Gasteiger partial charge < -0.3 is 5.32 Å². The first-order chi connectivity index (χ1) is 11.7. The average molecular weight is 381 g/mol. The Labute approximate surface area is 153 Å². The average Bonchev–Trinajstić information content (AvgIpc) is 2.55. The van der Waals surface area contributed by atoms with Crippen molar-refractivity contribution < 1.29 is 13.2 Å². The van der Waals surface area contributed by atoms with E-state index < -0.39 is 15.9 Å². The first-order valence-electron chi connectivity index (χ1n) is 7.84. The molecule has 1 amide bonds. The van der Waals surface area contributed by atoms with E-state index in [0.29, 0.717) is 16.4 Å². The number of carbonyl (C=O) groups is 1. The van der Waals surface area contributed by atoms with Crippen LogP contribution in [-0.4, -0.2) is 27.1 Å². The standard InChI is InChI=1S/C18H21ClN2O3S/c1-4-14-7-5-6-8-17(14)20-18(22)12-21(25(3,23)24)15-10-9-13(2)16(19)11-15/h5-11H,4,12H2,1-3H3,(H,20,22). The molecule has 0 aromatic heterocycles. The van der Waals surface area contributed by atoms with E-state index in [-0.39, 0.29) is 6.54 Å². The van der Waals surface area contributed by atoms with E-state index in [2.05, 4.69) is 5.32 Å². The van der Waals surface area contributed by atoms with E-state index in [4.69, 9.17) is 11.6 Å². The van der Waals surface area contributed by atoms with Gasteiger partial charge in [-0.25, -0.2) is 8.42 Å². The Morgan fingerprint density at radius 1 is 1.20 bits per heavy atom. The zero-order chi connectivity index (χ0) is 18.6. The lowest BCUT2D eigenvalue weighted by atomic mass is 10.1. The van der Waals surface area contributed by atoms with E-state index >= 15 is 0 Å². The number of halogens is 1. The Morgan fingerprint density at radius 2 is 1.88 bits per heavy atom. The summed E-state index contributed by atoms with van der Waals surface area (Å²) in [5, 5.41) is 3.23. The summed E-state index contributed by atoms with van der Waals surface area (Å²) >= 11 is 6.09. The fraction of sp³-hybridized carbons (Fsp3) is 0.278. The number of benzene rings is 2. The van der Waals surface area contributed by atoms with Crippen molar-refractivity contribution in [3.05, 3.63) is 58.6 Å². The van der Waals surface area contributed by atoms with E-state index in [1.54, 1.807) is 24.3 Å². The number of nitrogens with one attached hydrogen (secondary N) is 1. The van der Waals surface area contributed by atoms with Gasteiger partial charge in [-0.15, -0.1) is 0 Å². The highest BCUT2D eigenvalue weighted by Gasteiger charge is 2.21. The SMILES string of the molecule is CCc1ccccc1NC(=O)CN(c1ccc(C)c(Cl)c1)S(C)(=O)=O. The van der Waals surface area contributed by atoms with Crippen molar-refractivity contribution in [3.63, 3.8) is 0 Å². The van der Waals surface area contributed by atoms with E-state index in [1.165, 1.54) is 0 Å². The molecule has 0 bridgehead atoms. The quantitative estimate of drug-likeness (QED) is 0.832. The molecule has 0 heterocycles. The molecule has 0 aliphatic heterocycles. The third-order valence-corrected chi connectivity index (χ3v) is 5.35. The number of rotatable bonds is 6. The Balaban J connectivity index is 2.25. The molecule has 0 radical (unpaired) electrons. The maximum absolute atomic E-state index is 12.4. The minimum atomic E-state index is -3.64. The highest BCUT2D eigenvalue weighted by Crippen LogP contribution is 2.25. The summed E-state index contributed by atoms with van der Waals surface area (Å²) < 4.78 is 25.3. The zero-order valence-corrected chi connectivity index (χ0v) is 16.0. The second kappa shape index (κ2) is 7.89. The number of nitrogens with zero attached hydrogens (tertiary/aromatic N) is 1. The van der Waals surface area contributed by atoms with Gasteiger partial charge in [0, 0.05) is 10.7 Å². The maximum Gasteiger partial charge on any atom is 0.245 e. The van der Waals surface area contributed by atoms with Gasteiger partial charge in [-0.2, -0.15) is 0 Å². The molecular formula is C18H21ClN2O3S. The summed E-state index contributed by atoms with van der Waals surface area (Å²) in [5.74, 6) is -0.414. The third-order valence-electron chi connectivity index (χ3n) is 3.80. The minimum absolute atomic E-state index is 0.323. The van der Waals surface area contributed by atoms with Crippen molar-refractivity contribution in [3.8, 4) is 0 Å². The van der Waals surface area contributed by atoms with Crippen LogP contribution in [0.2, 0.25) is 5.02 Å². The van der Waals surface area contributed by atoms with Crippen molar-refractivity contribution in [2.45, 2.75) is 20.3 Å². The summed E-state index contributed by atoms with van der Waals surface area (Å²) in [5.41, 5.74) is 2.86. The Kier molecular flexibility index (Phi) is 6.08. The molecule has 2 rings (SSSR count). The van der Waals surface area contributed by atoms with E-state index in [9.17, 15) is 13.2 Å². The molecule has 134 valence electrons. The number of hydrogen-bond donors (Lipinski definition) is 1. The molecule has 0 spiro atoms. The van der Waals surface area contributed by atoms with Crippen LogP contribution in [0.15, 0.2) is 42.5 Å². The zero-order valence-electron chi connectivity index (χ0n) is 14.4. The number of para-hydroxylation sites is 1. The molecule has 2 aromatic carbocycles. The molecule has 0 aliphatic rings. The molecule has 0 saturated heterocycles. The van der Waals surface area contributed by atoms with Crippen LogP contribution in [0.5, 0.6) is 0 Å². The molecule has 0 saturated carbocycles. The highest BCUT2D eigenvalue weighted by molar-refractivity contribution is 7.92. The van der Waals surface area contributed by atoms with Crippen LogP contribution in [0.1, 0.15) is 18.1 Å². The molecule has 25 heavy (non-hydrogen) atoms. The van der Waals surface area contributed by atoms with Crippen LogP contribution in [-0.2, 0) is 21.2 Å². The molecule has 1 N–H and O–H groups in total. The number of amides is 1. The summed E-state index contributed by atoms with van der Waals surface area (Å²) in [6, 6.07) is 12.3. The van der Waals surface area contributed by atoms with Crippen molar-refractivity contribution in [1.82, 2.24) is 0 Å². The molecule has 0 fully saturated rings. The normalized spacial score (nSPS) is 11.2. The predicted octanol–water partition coefficient (Wildman–Crippen LogP) is 3.62. The number of sulfonamides is 1. The van der Waals surface area contributed by atoms with Crippen molar-refractivity contribution in [2.75, 3.05) is 22.4 Å². The van der Waals surface area contributed by atoms with Crippen LogP contribution in [0.3, 0.4) is 0 Å². The second-order valence-electron chi connectivity index (χ2n) is 5.76. The molecule has 2 aromatic rings. The van der Waals surface area contributed by atoms with Gasteiger partial charge in [0.25, 0.3) is 0 Å². The van der Waals surface area contributed by atoms with E-state index in [0.717, 1.165) is 28.1 Å². The molecule has 7 heteroatoms. The summed E-state index contributed by atoms with van der Waals surface area (Å²) in [6.07, 6.45) is 1.83. The Hall–Kier alpha value is -2.05. The van der Waals surface area contributed by atoms with Crippen LogP contribution >= 0.6 is 11.6 Å². The lowest BCUT2D eigenvalue weighted by Crippen LogP contribution is -2.37. The molecule has 0 unspecified atom stereocenters. The van der Waals surface area contributed by atoms with Crippen LogP contribution in [0, 0.1) is 6.92 Å². The van der Waals surface area contributed by atoms with Gasteiger partial charge in [-0.1, -0.05) is 42.8 Å². The number of carbonyl (C=O) groups excluding carboxylic acids is 1. The summed E-state index contributed by atoms with van der Waals surface area (Å²) in [6.45, 7) is 3.49. The maximum atomic E-state index is 12.4. The van der Waals surface area contributed by atoms with Gasteiger partial charge in [-0.05, 0) is 42.7 Å². The highest BCUT2D eigenvalue weighted by atomic mass is 35.5. The monoisotopic (exact) mass is 380 g/mol. The lowest BCUT2D eigenvalue weighted by Gasteiger charge is -2.22. The number of anilines is 2. The van der Waals surface area contributed by atoms with Crippen molar-refractivity contribution in [1.29, 1.82) is 0 Å². The number of hydrogen-bond acceptors (Lipinski definition) is 3.